The number of methoxy groups -OCH3 is 1. The van der Waals surface area contributed by atoms with Crippen molar-refractivity contribution in [1.82, 2.24) is 15.2 Å². The molecule has 3 aromatic rings. The average Bonchev–Trinajstić information content (AvgIpc) is 3.32. The van der Waals surface area contributed by atoms with E-state index in [0.717, 1.165) is 40.7 Å². The van der Waals surface area contributed by atoms with Crippen LogP contribution in [0.1, 0.15) is 24.5 Å². The molecule has 2 heterocycles. The number of nitrogens with one attached hydrogen (secondary N) is 1. The zero-order chi connectivity index (χ0) is 16.9. The first kappa shape index (κ1) is 15.1. The van der Waals surface area contributed by atoms with Crippen molar-refractivity contribution >= 4 is 20.7 Å². The maximum Gasteiger partial charge on any atom is 0.179 e. The predicted molar refractivity (Wildman–Crippen MR) is 91.0 cm³/mol. The minimum Gasteiger partial charge on any atom is -0.495 e. The van der Waals surface area contributed by atoms with Crippen LogP contribution in [-0.2, 0) is 9.84 Å². The quantitative estimate of drug-likeness (QED) is 0.787. The van der Waals surface area contributed by atoms with E-state index in [1.54, 1.807) is 24.4 Å². The van der Waals surface area contributed by atoms with Crippen LogP contribution in [0.2, 0.25) is 0 Å². The van der Waals surface area contributed by atoms with Gasteiger partial charge in [-0.05, 0) is 31.0 Å². The summed E-state index contributed by atoms with van der Waals surface area (Å²) in [5.41, 5.74) is 3.59. The molecule has 24 heavy (non-hydrogen) atoms. The molecule has 1 fully saturated rings. The molecule has 1 saturated carbocycles. The van der Waals surface area contributed by atoms with Crippen molar-refractivity contribution in [3.63, 3.8) is 0 Å². The van der Waals surface area contributed by atoms with Gasteiger partial charge in [-0.25, -0.2) is 8.42 Å². The van der Waals surface area contributed by atoms with E-state index in [2.05, 4.69) is 15.2 Å². The van der Waals surface area contributed by atoms with E-state index < -0.39 is 9.84 Å². The number of pyridine rings is 1. The second-order valence-electron chi connectivity index (χ2n) is 6.10. The van der Waals surface area contributed by atoms with Gasteiger partial charge in [-0.1, -0.05) is 6.07 Å². The first-order valence-electron chi connectivity index (χ1n) is 7.70. The molecule has 0 amide bonds. The number of ether oxygens (including phenoxy) is 1. The third kappa shape index (κ3) is 2.45. The van der Waals surface area contributed by atoms with E-state index in [-0.39, 0.29) is 4.90 Å². The molecule has 4 rings (SSSR count). The number of hydrogen-bond acceptors (Lipinski definition) is 5. The summed E-state index contributed by atoms with van der Waals surface area (Å²) < 4.78 is 29.0. The zero-order valence-corrected chi connectivity index (χ0v) is 14.2. The van der Waals surface area contributed by atoms with Gasteiger partial charge in [0.05, 0.1) is 24.0 Å². The highest BCUT2D eigenvalue weighted by Crippen LogP contribution is 2.44. The maximum atomic E-state index is 11.9. The van der Waals surface area contributed by atoms with E-state index >= 15 is 0 Å². The summed E-state index contributed by atoms with van der Waals surface area (Å²) in [6.45, 7) is 0. The Morgan fingerprint density at radius 2 is 2.04 bits per heavy atom. The van der Waals surface area contributed by atoms with Gasteiger partial charge in [0.2, 0.25) is 0 Å². The van der Waals surface area contributed by atoms with Crippen LogP contribution < -0.4 is 4.74 Å². The lowest BCUT2D eigenvalue weighted by Crippen LogP contribution is -2.01. The lowest BCUT2D eigenvalue weighted by Gasteiger charge is -2.10. The molecule has 0 spiro atoms. The number of rotatable bonds is 4. The van der Waals surface area contributed by atoms with Crippen LogP contribution >= 0.6 is 0 Å². The highest BCUT2D eigenvalue weighted by atomic mass is 32.2. The Hall–Kier alpha value is -2.41. The van der Waals surface area contributed by atoms with Gasteiger partial charge in [0.25, 0.3) is 0 Å². The molecule has 0 atom stereocenters. The number of aromatic amines is 1. The number of nitrogens with zero attached hydrogens (tertiary/aromatic N) is 2. The Morgan fingerprint density at radius 3 is 2.71 bits per heavy atom. The van der Waals surface area contributed by atoms with Crippen LogP contribution in [0.5, 0.6) is 5.75 Å². The van der Waals surface area contributed by atoms with Crippen molar-refractivity contribution in [2.75, 3.05) is 13.4 Å². The second-order valence-corrected chi connectivity index (χ2v) is 8.09. The van der Waals surface area contributed by atoms with Crippen LogP contribution in [0, 0.1) is 0 Å². The number of aromatic nitrogens is 3. The van der Waals surface area contributed by atoms with Gasteiger partial charge in [0, 0.05) is 29.3 Å². The minimum atomic E-state index is -3.35. The molecular formula is C17H17N3O3S. The molecule has 2 aromatic heterocycles. The average molecular weight is 343 g/mol. The van der Waals surface area contributed by atoms with Crippen molar-refractivity contribution in [3.8, 4) is 17.0 Å². The van der Waals surface area contributed by atoms with Crippen molar-refractivity contribution in [2.45, 2.75) is 23.7 Å². The predicted octanol–water partition coefficient (Wildman–Crippen LogP) is 2.91. The Balaban J connectivity index is 1.93. The normalized spacial score (nSPS) is 14.9. The van der Waals surface area contributed by atoms with Crippen LogP contribution in [0.15, 0.2) is 35.4 Å². The first-order valence-corrected chi connectivity index (χ1v) is 9.59. The molecule has 6 nitrogen and oxygen atoms in total. The maximum absolute atomic E-state index is 11.9. The summed E-state index contributed by atoms with van der Waals surface area (Å²) in [6.07, 6.45) is 5.18. The lowest BCUT2D eigenvalue weighted by atomic mass is 10.0. The molecule has 1 N–H and O–H groups in total. The van der Waals surface area contributed by atoms with Gasteiger partial charge in [-0.2, -0.15) is 5.10 Å². The third-order valence-electron chi connectivity index (χ3n) is 4.30. The summed E-state index contributed by atoms with van der Waals surface area (Å²) in [5.74, 6) is 0.809. The van der Waals surface area contributed by atoms with E-state index in [0.29, 0.717) is 11.7 Å². The molecule has 1 aromatic carbocycles. The molecule has 124 valence electrons. The third-order valence-corrected chi connectivity index (χ3v) is 5.44. The fourth-order valence-corrected chi connectivity index (χ4v) is 3.81. The minimum absolute atomic E-state index is 0.176. The molecule has 0 unspecified atom stereocenters. The Bertz CT molecular complexity index is 1040. The summed E-state index contributed by atoms with van der Waals surface area (Å²) in [4.78, 5) is 4.70. The summed E-state index contributed by atoms with van der Waals surface area (Å²) >= 11 is 0. The Morgan fingerprint density at radius 1 is 1.25 bits per heavy atom. The van der Waals surface area contributed by atoms with Crippen LogP contribution in [0.3, 0.4) is 0 Å². The van der Waals surface area contributed by atoms with Gasteiger partial charge in [0.15, 0.2) is 9.84 Å². The molecule has 0 radical (unpaired) electrons. The van der Waals surface area contributed by atoms with Crippen molar-refractivity contribution < 1.29 is 13.2 Å². The van der Waals surface area contributed by atoms with Crippen molar-refractivity contribution in [1.29, 1.82) is 0 Å². The smallest absolute Gasteiger partial charge is 0.179 e. The molecule has 0 aliphatic heterocycles. The fraction of sp³-hybridized carbons (Fsp3) is 0.294. The van der Waals surface area contributed by atoms with Crippen LogP contribution in [0.25, 0.3) is 22.2 Å². The van der Waals surface area contributed by atoms with E-state index in [1.165, 1.54) is 13.4 Å². The van der Waals surface area contributed by atoms with Crippen molar-refractivity contribution in [3.05, 3.63) is 36.2 Å². The standard InChI is InChI=1S/C17H17N3O3S/c1-23-13-9-11(5-6-14(13)24(2,21)22)16-15-12(7-8-18-16)19-20-17(15)10-3-4-10/h5-10H,3-4H2,1-2H3,(H,19,20). The van der Waals surface area contributed by atoms with Crippen molar-refractivity contribution in [2.24, 2.45) is 0 Å². The number of sulfone groups is 1. The highest BCUT2D eigenvalue weighted by molar-refractivity contribution is 7.90. The fourth-order valence-electron chi connectivity index (χ4n) is 2.98. The van der Waals surface area contributed by atoms with Gasteiger partial charge >= 0.3 is 0 Å². The molecule has 0 bridgehead atoms. The number of hydrogen-bond donors (Lipinski definition) is 1. The first-order chi connectivity index (χ1) is 11.5. The monoisotopic (exact) mass is 343 g/mol. The van der Waals surface area contributed by atoms with E-state index in [1.807, 2.05) is 6.07 Å². The Labute approximate surface area is 139 Å². The summed E-state index contributed by atoms with van der Waals surface area (Å²) in [5, 5.41) is 8.53. The van der Waals surface area contributed by atoms with Crippen LogP contribution in [0.4, 0.5) is 0 Å². The molecule has 0 saturated heterocycles. The largest absolute Gasteiger partial charge is 0.495 e. The summed E-state index contributed by atoms with van der Waals surface area (Å²) in [7, 11) is -1.88. The van der Waals surface area contributed by atoms with Gasteiger partial charge in [-0.3, -0.25) is 10.1 Å². The summed E-state index contributed by atoms with van der Waals surface area (Å²) in [6, 6.07) is 6.97. The SMILES string of the molecule is COc1cc(-c2nccc3[nH]nc(C4CC4)c23)ccc1S(C)(=O)=O. The lowest BCUT2D eigenvalue weighted by molar-refractivity contribution is 0.403. The molecule has 7 heteroatoms. The Kier molecular flexibility index (Phi) is 3.35. The highest BCUT2D eigenvalue weighted by Gasteiger charge is 2.29. The molecule has 1 aliphatic carbocycles. The molecular weight excluding hydrogens is 326 g/mol. The van der Waals surface area contributed by atoms with E-state index in [9.17, 15) is 8.42 Å². The number of H-pyrrole nitrogens is 1. The van der Waals surface area contributed by atoms with Crippen LogP contribution in [-0.4, -0.2) is 37.0 Å². The molecule has 1 aliphatic rings. The van der Waals surface area contributed by atoms with Gasteiger partial charge in [0.1, 0.15) is 10.6 Å². The number of fused-ring (bicyclic) bond motifs is 1. The van der Waals surface area contributed by atoms with Gasteiger partial charge in [-0.15, -0.1) is 0 Å². The second kappa shape index (κ2) is 5.31. The van der Waals surface area contributed by atoms with E-state index in [4.69, 9.17) is 4.74 Å². The van der Waals surface area contributed by atoms with Gasteiger partial charge < -0.3 is 4.74 Å². The number of benzene rings is 1. The zero-order valence-electron chi connectivity index (χ0n) is 13.4. The topological polar surface area (TPSA) is 84.9 Å².